The second-order valence-corrected chi connectivity index (χ2v) is 35.6. The van der Waals surface area contributed by atoms with Gasteiger partial charge in [-0.1, -0.05) is 12.1 Å². The number of ether oxygens (including phenoxy) is 2. The van der Waals surface area contributed by atoms with Gasteiger partial charge in [-0.25, -0.2) is 4.98 Å². The Balaban J connectivity index is 0.00000382. The maximum absolute atomic E-state index is 12.4. The van der Waals surface area contributed by atoms with Crippen LogP contribution in [0.15, 0.2) is 187 Å². The van der Waals surface area contributed by atoms with E-state index in [4.69, 9.17) is 22.1 Å². The molecule has 0 aliphatic heterocycles. The first-order valence-electron chi connectivity index (χ1n) is 32.6. The number of nitro benzene ring substituents is 1. The zero-order valence-corrected chi connectivity index (χ0v) is 67.5. The van der Waals surface area contributed by atoms with Gasteiger partial charge < -0.3 is 30.5 Å². The van der Waals surface area contributed by atoms with Crippen LogP contribution >= 0.6 is 23.5 Å². The van der Waals surface area contributed by atoms with Crippen LogP contribution in [0.2, 0.25) is 0 Å². The average Bonchev–Trinajstić information content (AvgIpc) is 1.60. The molecule has 616 valence electrons. The molecule has 0 bridgehead atoms. The SMILES string of the molecule is COc1ccc2c(c1)nc1c(C#N)c(C)c(N=Nc3cc(C)c(N=Nc4cc(Nc5nc(Nc6cccc(S(=O)(=O)O)c6)nc(Nc6cccc(S(=O)(=O)O)c6)n5)c(N=Nc5cc(C)c(N=Nc6ccc([N+](=O)[O-])cc6S(=O)(=O)O)cc5SCCCS(=O)(=O)O)cc4SCCCS(=O)(=O)O)cc3OCCCS(=O)(=O)O)c(O)n12.O=S(=O)=O. The normalized spacial score (nSPS) is 12.4. The standard InChI is InChI=1S/C64H60N18O23S8.O3S/c1-35-24-51(77-80-59-37(3)44(34-65)60-68-50-29-41(104-4)15-17-54(50)81(60)61(59)83)55(105-18-7-21-108(86,87)88)31-46(35)74-79-53-30-48(69-64-71-62(66-38-10-5-12-42(26-38)111(95,96)97)70-63(72-64)67-39-11-6-13-43(27-39)112(98,99)100)49(33-57(53)107-20-9-23-110(92,93)94)76-78-52-25-36(2)47(32-56(52)106-19-8-22-109(89,90)91)75-73-45-16-14-40(82(84)85)28-58(45)113(101,102)103;1-4(2)3/h5-6,10-17,24-33,83H,7-9,18-23H2,1-4H3,(H,86,87,88)(H,89,90,91)(H,92,93,94)(H,95,96,97)(H,98,99,100)(H,101,102,103)(H3,66,67,69,70,71,72);. The van der Waals surface area contributed by atoms with E-state index < -0.39 is 131 Å². The largest absolute Gasteiger partial charge is 0.497 e. The highest BCUT2D eigenvalue weighted by molar-refractivity contribution is 7.99. The van der Waals surface area contributed by atoms with Crippen molar-refractivity contribution >= 4 is 198 Å². The van der Waals surface area contributed by atoms with Gasteiger partial charge in [0, 0.05) is 51.0 Å². The van der Waals surface area contributed by atoms with Gasteiger partial charge >= 0.3 is 10.6 Å². The van der Waals surface area contributed by atoms with Gasteiger partial charge in [0.15, 0.2) is 11.3 Å². The van der Waals surface area contributed by atoms with Crippen LogP contribution in [0.3, 0.4) is 0 Å². The van der Waals surface area contributed by atoms with E-state index in [1.165, 1.54) is 86.0 Å². The molecular weight excluding hydrogens is 1730 g/mol. The Labute approximate surface area is 673 Å². The molecule has 0 radical (unpaired) electrons. The molecule has 0 saturated carbocycles. The number of thioether (sulfide) groups is 2. The number of hydrogen-bond donors (Lipinski definition) is 10. The van der Waals surface area contributed by atoms with Crippen LogP contribution < -0.4 is 25.4 Å². The molecule has 7 aromatic carbocycles. The van der Waals surface area contributed by atoms with Crippen molar-refractivity contribution in [2.45, 2.75) is 64.5 Å². The van der Waals surface area contributed by atoms with E-state index in [2.05, 4.69) is 82.9 Å². The summed E-state index contributed by atoms with van der Waals surface area (Å²) in [6.45, 7) is 4.21. The number of imidazole rings is 1. The molecule has 0 spiro atoms. The minimum absolute atomic E-state index is 0.00398. The van der Waals surface area contributed by atoms with Crippen molar-refractivity contribution in [1.82, 2.24) is 24.3 Å². The Hall–Kier alpha value is -11.6. The summed E-state index contributed by atoms with van der Waals surface area (Å²) in [5.74, 6) is -3.62. The Morgan fingerprint density at radius 3 is 1.54 bits per heavy atom. The molecule has 10 N–H and O–H groups in total. The van der Waals surface area contributed by atoms with Crippen molar-refractivity contribution in [2.24, 2.45) is 40.9 Å². The van der Waals surface area contributed by atoms with E-state index >= 15 is 0 Å². The van der Waals surface area contributed by atoms with Crippen LogP contribution in [0.1, 0.15) is 41.5 Å². The fraction of sp³-hybridized carbons (Fsp3) is 0.203. The van der Waals surface area contributed by atoms with Crippen LogP contribution in [0, 0.1) is 42.2 Å². The number of benzene rings is 7. The van der Waals surface area contributed by atoms with Gasteiger partial charge in [0.25, 0.3) is 66.4 Å². The van der Waals surface area contributed by atoms with Gasteiger partial charge in [0.1, 0.15) is 50.8 Å². The first kappa shape index (κ1) is 89.3. The Morgan fingerprint density at radius 2 is 1.03 bits per heavy atom. The van der Waals surface area contributed by atoms with Gasteiger partial charge in [0.2, 0.25) is 23.7 Å². The number of non-ortho nitro benzene ring substituents is 1. The summed E-state index contributed by atoms with van der Waals surface area (Å²) in [7, 11) is -29.9. The molecule has 0 aliphatic rings. The number of nitro groups is 1. The molecule has 3 heterocycles. The third-order valence-corrected chi connectivity index (χ3v) is 22.8. The zero-order valence-electron chi connectivity index (χ0n) is 60.2. The molecule has 0 atom stereocenters. The molecule has 0 saturated heterocycles. The maximum Gasteiger partial charge on any atom is 0.425 e. The van der Waals surface area contributed by atoms with Gasteiger partial charge in [-0.05, 0) is 148 Å². The molecule has 3 aromatic heterocycles. The van der Waals surface area contributed by atoms with Crippen LogP contribution in [-0.4, -0.2) is 167 Å². The first-order valence-corrected chi connectivity index (χ1v) is 44.7. The predicted octanol–water partition coefficient (Wildman–Crippen LogP) is 13.1. The van der Waals surface area contributed by atoms with Gasteiger partial charge in [-0.3, -0.25) is 41.8 Å². The number of nitriles is 1. The number of fused-ring (bicyclic) bond motifs is 3. The number of nitrogens with one attached hydrogen (secondary N) is 3. The summed E-state index contributed by atoms with van der Waals surface area (Å²) < 4.78 is 243. The van der Waals surface area contributed by atoms with Crippen molar-refractivity contribution in [3.63, 3.8) is 0 Å². The van der Waals surface area contributed by atoms with Crippen molar-refractivity contribution in [1.29, 1.82) is 5.26 Å². The second kappa shape index (κ2) is 37.5. The smallest absolute Gasteiger partial charge is 0.425 e. The number of rotatable bonds is 34. The number of hydrogen-bond acceptors (Lipinski definition) is 38. The lowest BCUT2D eigenvalue weighted by Gasteiger charge is -2.15. The molecule has 0 aliphatic carbocycles. The van der Waals surface area contributed by atoms with Crippen molar-refractivity contribution in [3.8, 4) is 23.4 Å². The van der Waals surface area contributed by atoms with Crippen molar-refractivity contribution in [2.75, 3.05) is 58.4 Å². The third-order valence-electron chi connectivity index (χ3n) is 15.5. The summed E-state index contributed by atoms with van der Waals surface area (Å²) in [5.41, 5.74) is -0.339. The highest BCUT2D eigenvalue weighted by Crippen LogP contribution is 2.46. The molecule has 0 amide bonds. The summed E-state index contributed by atoms with van der Waals surface area (Å²) >= 11 is 1.92. The number of nitrogens with zero attached hydrogens (tertiary/aromatic N) is 15. The van der Waals surface area contributed by atoms with Gasteiger partial charge in [-0.15, -0.1) is 66.8 Å². The van der Waals surface area contributed by atoms with Crippen molar-refractivity contribution < 1.29 is 110 Å². The predicted molar refractivity (Wildman–Crippen MR) is 421 cm³/mol. The molecular formula is C64H60N18O26S9. The molecule has 117 heavy (non-hydrogen) atoms. The molecule has 10 aromatic rings. The summed E-state index contributed by atoms with van der Waals surface area (Å²) in [5, 5.41) is 77.8. The summed E-state index contributed by atoms with van der Waals surface area (Å²) in [4.78, 5) is 26.8. The number of aryl methyl sites for hydroxylation is 2. The first-order chi connectivity index (χ1) is 54.8. The number of aromatic hydroxyl groups is 1. The highest BCUT2D eigenvalue weighted by atomic mass is 32.2. The minimum atomic E-state index is -5.14. The number of aromatic nitrogens is 5. The average molecular weight is 1790 g/mol. The monoisotopic (exact) mass is 1780 g/mol. The Morgan fingerprint density at radius 1 is 0.547 bits per heavy atom. The van der Waals surface area contributed by atoms with Gasteiger partial charge in [0.05, 0.1) is 79.5 Å². The fourth-order valence-electron chi connectivity index (χ4n) is 10.2. The van der Waals surface area contributed by atoms with E-state index in [1.807, 2.05) is 0 Å². The van der Waals surface area contributed by atoms with Crippen LogP contribution in [0.5, 0.6) is 17.4 Å². The van der Waals surface area contributed by atoms with E-state index in [0.717, 1.165) is 59.9 Å². The summed E-state index contributed by atoms with van der Waals surface area (Å²) in [6.07, 6.45) is -0.596. The number of azo groups is 4. The molecule has 44 nitrogen and oxygen atoms in total. The lowest BCUT2D eigenvalue weighted by atomic mass is 10.1. The van der Waals surface area contributed by atoms with Crippen LogP contribution in [0.25, 0.3) is 16.7 Å². The Kier molecular flexibility index (Phi) is 28.7. The Bertz CT molecular complexity index is 6540. The highest BCUT2D eigenvalue weighted by Gasteiger charge is 2.26. The number of pyridine rings is 1. The van der Waals surface area contributed by atoms with Crippen LogP contribution in [0.4, 0.5) is 86.1 Å². The molecule has 53 heteroatoms. The van der Waals surface area contributed by atoms with Gasteiger partial charge in [-0.2, -0.15) is 80.9 Å². The topological polar surface area (TPSA) is 674 Å². The lowest BCUT2D eigenvalue weighted by Crippen LogP contribution is -2.08. The van der Waals surface area contributed by atoms with Crippen molar-refractivity contribution in [3.05, 3.63) is 154 Å². The lowest BCUT2D eigenvalue weighted by molar-refractivity contribution is -0.385. The van der Waals surface area contributed by atoms with E-state index in [1.54, 1.807) is 25.1 Å². The zero-order chi connectivity index (χ0) is 85.7. The quantitative estimate of drug-likeness (QED) is 0.00447. The fourth-order valence-corrected chi connectivity index (χ4v) is 15.7. The van der Waals surface area contributed by atoms with E-state index in [0.29, 0.717) is 28.4 Å². The summed E-state index contributed by atoms with van der Waals surface area (Å²) in [6, 6.07) is 27.0. The minimum Gasteiger partial charge on any atom is -0.497 e. The molecule has 0 unspecified atom stereocenters. The number of anilines is 6. The molecule has 0 fully saturated rings. The number of methoxy groups -OCH3 is 1. The molecule has 10 rings (SSSR count). The second-order valence-electron chi connectivity index (χ2n) is 24.0. The maximum atomic E-state index is 12.4. The van der Waals surface area contributed by atoms with E-state index in [-0.39, 0.29) is 144 Å². The van der Waals surface area contributed by atoms with E-state index in [9.17, 15) is 98.3 Å². The van der Waals surface area contributed by atoms with Crippen LogP contribution in [-0.2, 0) is 71.3 Å². The third kappa shape index (κ3) is 25.2.